The predicted molar refractivity (Wildman–Crippen MR) is 94.4 cm³/mol. The van der Waals surface area contributed by atoms with E-state index >= 15 is 0 Å². The van der Waals surface area contributed by atoms with Gasteiger partial charge in [-0.15, -0.1) is 0 Å². The van der Waals surface area contributed by atoms with Crippen LogP contribution in [-0.4, -0.2) is 48.6 Å². The molecule has 5 nitrogen and oxygen atoms in total. The molecule has 24 heavy (non-hydrogen) atoms. The van der Waals surface area contributed by atoms with Crippen molar-refractivity contribution in [3.8, 4) is 5.75 Å². The molecule has 3 rings (SSSR count). The predicted octanol–water partition coefficient (Wildman–Crippen LogP) is 2.43. The number of hydrogen-bond donors (Lipinski definition) is 0. The molecule has 0 bridgehead atoms. The molecule has 1 fully saturated rings. The maximum Gasteiger partial charge on any atom is 0.260 e. The number of anilines is 1. The first-order valence-corrected chi connectivity index (χ1v) is 8.27. The highest BCUT2D eigenvalue weighted by Crippen LogP contribution is 2.21. The van der Waals surface area contributed by atoms with E-state index in [1.807, 2.05) is 49.1 Å². The number of ether oxygens (including phenoxy) is 1. The summed E-state index contributed by atoms with van der Waals surface area (Å²) in [7, 11) is 0. The highest BCUT2D eigenvalue weighted by Gasteiger charge is 2.21. The van der Waals surface area contributed by atoms with E-state index in [1.54, 1.807) is 12.4 Å². The van der Waals surface area contributed by atoms with E-state index in [4.69, 9.17) is 4.74 Å². The lowest BCUT2D eigenvalue weighted by Crippen LogP contribution is -2.50. The molecule has 1 saturated heterocycles. The third kappa shape index (κ3) is 3.67. The van der Waals surface area contributed by atoms with Crippen molar-refractivity contribution in [2.75, 3.05) is 37.7 Å². The highest BCUT2D eigenvalue weighted by molar-refractivity contribution is 5.78. The van der Waals surface area contributed by atoms with Crippen molar-refractivity contribution in [2.24, 2.45) is 0 Å². The molecule has 0 aliphatic carbocycles. The maximum atomic E-state index is 12.4. The number of carbonyl (C=O) groups excluding carboxylic acids is 1. The normalized spacial score (nSPS) is 14.6. The largest absolute Gasteiger partial charge is 0.483 e. The van der Waals surface area contributed by atoms with Crippen LogP contribution in [-0.2, 0) is 4.79 Å². The summed E-state index contributed by atoms with van der Waals surface area (Å²) in [4.78, 5) is 20.6. The smallest absolute Gasteiger partial charge is 0.260 e. The number of pyridine rings is 1. The summed E-state index contributed by atoms with van der Waals surface area (Å²) in [5.41, 5.74) is 3.42. The topological polar surface area (TPSA) is 45.7 Å². The number of aromatic nitrogens is 1. The van der Waals surface area contributed by atoms with Crippen LogP contribution < -0.4 is 9.64 Å². The average Bonchev–Trinajstić information content (AvgIpc) is 2.63. The van der Waals surface area contributed by atoms with E-state index in [0.717, 1.165) is 43.2 Å². The van der Waals surface area contributed by atoms with Gasteiger partial charge in [0.2, 0.25) is 0 Å². The molecule has 0 N–H and O–H groups in total. The number of amides is 1. The van der Waals surface area contributed by atoms with E-state index in [0.29, 0.717) is 0 Å². The van der Waals surface area contributed by atoms with Gasteiger partial charge in [0.05, 0.1) is 0 Å². The maximum absolute atomic E-state index is 12.4. The number of aryl methyl sites for hydroxylation is 1. The van der Waals surface area contributed by atoms with E-state index in [1.165, 1.54) is 5.56 Å². The van der Waals surface area contributed by atoms with Crippen LogP contribution in [0.25, 0.3) is 0 Å². The minimum Gasteiger partial charge on any atom is -0.483 e. The summed E-state index contributed by atoms with van der Waals surface area (Å²) >= 11 is 0. The number of nitrogens with zero attached hydrogens (tertiary/aromatic N) is 3. The second-order valence-corrected chi connectivity index (χ2v) is 6.06. The third-order valence-electron chi connectivity index (χ3n) is 4.57. The first-order chi connectivity index (χ1) is 11.6. The summed E-state index contributed by atoms with van der Waals surface area (Å²) in [6, 6.07) is 9.91. The van der Waals surface area contributed by atoms with Gasteiger partial charge in [-0.25, -0.2) is 0 Å². The lowest BCUT2D eigenvalue weighted by molar-refractivity contribution is -0.133. The molecular formula is C19H23N3O2. The van der Waals surface area contributed by atoms with Crippen molar-refractivity contribution >= 4 is 11.6 Å². The van der Waals surface area contributed by atoms with E-state index in [-0.39, 0.29) is 12.5 Å². The Morgan fingerprint density at radius 2 is 1.79 bits per heavy atom. The molecule has 0 atom stereocenters. The van der Waals surface area contributed by atoms with Gasteiger partial charge in [-0.05, 0) is 43.2 Å². The molecule has 1 aromatic carbocycles. The minimum absolute atomic E-state index is 0.0466. The summed E-state index contributed by atoms with van der Waals surface area (Å²) in [5, 5.41) is 0. The minimum atomic E-state index is 0.0466. The average molecular weight is 325 g/mol. The van der Waals surface area contributed by atoms with Crippen molar-refractivity contribution in [3.05, 3.63) is 53.9 Å². The molecule has 126 valence electrons. The monoisotopic (exact) mass is 325 g/mol. The SMILES string of the molecule is Cc1cccc(OCC(=O)N2CCN(c3ccncc3)CC2)c1C. The van der Waals surface area contributed by atoms with Crippen LogP contribution >= 0.6 is 0 Å². The number of rotatable bonds is 4. The van der Waals surface area contributed by atoms with Crippen molar-refractivity contribution in [1.82, 2.24) is 9.88 Å². The van der Waals surface area contributed by atoms with Crippen LogP contribution in [0, 0.1) is 13.8 Å². The lowest BCUT2D eigenvalue weighted by atomic mass is 10.1. The van der Waals surface area contributed by atoms with E-state index < -0.39 is 0 Å². The van der Waals surface area contributed by atoms with Crippen LogP contribution in [0.3, 0.4) is 0 Å². The third-order valence-corrected chi connectivity index (χ3v) is 4.57. The summed E-state index contributed by atoms with van der Waals surface area (Å²) in [5.74, 6) is 0.837. The second kappa shape index (κ2) is 7.34. The van der Waals surface area contributed by atoms with Crippen molar-refractivity contribution in [2.45, 2.75) is 13.8 Å². The molecule has 1 aliphatic heterocycles. The molecule has 1 amide bonds. The summed E-state index contributed by atoms with van der Waals surface area (Å²) in [6.45, 7) is 7.26. The van der Waals surface area contributed by atoms with Gasteiger partial charge in [0.15, 0.2) is 6.61 Å². The first-order valence-electron chi connectivity index (χ1n) is 8.27. The van der Waals surface area contributed by atoms with Gasteiger partial charge in [0.1, 0.15) is 5.75 Å². The fraction of sp³-hybridized carbons (Fsp3) is 0.368. The molecule has 1 aromatic heterocycles. The van der Waals surface area contributed by atoms with Gasteiger partial charge >= 0.3 is 0 Å². The standard InChI is InChI=1S/C19H23N3O2/c1-15-4-3-5-18(16(15)2)24-14-19(23)22-12-10-21(11-13-22)17-6-8-20-9-7-17/h3-9H,10-14H2,1-2H3. The quantitative estimate of drug-likeness (QED) is 0.866. The van der Waals surface area contributed by atoms with Crippen LogP contribution in [0.2, 0.25) is 0 Å². The van der Waals surface area contributed by atoms with Gasteiger partial charge < -0.3 is 14.5 Å². The van der Waals surface area contributed by atoms with E-state index in [9.17, 15) is 4.79 Å². The Hall–Kier alpha value is -2.56. The molecule has 0 saturated carbocycles. The van der Waals surface area contributed by atoms with Crippen LogP contribution in [0.15, 0.2) is 42.7 Å². The van der Waals surface area contributed by atoms with Gasteiger partial charge in [0.25, 0.3) is 5.91 Å². The van der Waals surface area contributed by atoms with Crippen molar-refractivity contribution in [1.29, 1.82) is 0 Å². The Kier molecular flexibility index (Phi) is 4.99. The van der Waals surface area contributed by atoms with Crippen molar-refractivity contribution in [3.63, 3.8) is 0 Å². The fourth-order valence-electron chi connectivity index (χ4n) is 2.88. The molecule has 0 spiro atoms. The van der Waals surface area contributed by atoms with Crippen LogP contribution in [0.1, 0.15) is 11.1 Å². The molecule has 2 heterocycles. The molecule has 5 heteroatoms. The van der Waals surface area contributed by atoms with Crippen LogP contribution in [0.4, 0.5) is 5.69 Å². The summed E-state index contributed by atoms with van der Waals surface area (Å²) < 4.78 is 5.73. The number of piperazine rings is 1. The Balaban J connectivity index is 1.51. The van der Waals surface area contributed by atoms with Crippen molar-refractivity contribution < 1.29 is 9.53 Å². The second-order valence-electron chi connectivity index (χ2n) is 6.06. The van der Waals surface area contributed by atoms with Gasteiger partial charge in [-0.1, -0.05) is 12.1 Å². The van der Waals surface area contributed by atoms with Gasteiger partial charge in [-0.2, -0.15) is 0 Å². The molecule has 0 radical (unpaired) electrons. The lowest BCUT2D eigenvalue weighted by Gasteiger charge is -2.36. The zero-order chi connectivity index (χ0) is 16.9. The Bertz CT molecular complexity index is 695. The zero-order valence-corrected chi connectivity index (χ0v) is 14.2. The Morgan fingerprint density at radius 1 is 1.08 bits per heavy atom. The highest BCUT2D eigenvalue weighted by atomic mass is 16.5. The molecule has 1 aliphatic rings. The van der Waals surface area contributed by atoms with Crippen LogP contribution in [0.5, 0.6) is 5.75 Å². The first kappa shape index (κ1) is 16.3. The Labute approximate surface area is 142 Å². The Morgan fingerprint density at radius 3 is 2.50 bits per heavy atom. The number of carbonyl (C=O) groups is 1. The molecular weight excluding hydrogens is 302 g/mol. The van der Waals surface area contributed by atoms with Gasteiger partial charge in [0, 0.05) is 44.3 Å². The molecule has 2 aromatic rings. The van der Waals surface area contributed by atoms with Gasteiger partial charge in [-0.3, -0.25) is 9.78 Å². The number of hydrogen-bond acceptors (Lipinski definition) is 4. The van der Waals surface area contributed by atoms with E-state index in [2.05, 4.69) is 9.88 Å². The molecule has 0 unspecified atom stereocenters. The zero-order valence-electron chi connectivity index (χ0n) is 14.2. The summed E-state index contributed by atoms with van der Waals surface area (Å²) in [6.07, 6.45) is 3.59. The number of benzene rings is 1. The fourth-order valence-corrected chi connectivity index (χ4v) is 2.88.